The van der Waals surface area contributed by atoms with E-state index < -0.39 is 10.0 Å². The Bertz CT molecular complexity index is 1180. The van der Waals surface area contributed by atoms with Gasteiger partial charge in [0, 0.05) is 19.7 Å². The summed E-state index contributed by atoms with van der Waals surface area (Å²) in [7, 11) is 0.704. The molecule has 0 radical (unpaired) electrons. The van der Waals surface area contributed by atoms with Crippen molar-refractivity contribution < 1.29 is 22.7 Å². The van der Waals surface area contributed by atoms with Crippen molar-refractivity contribution in [2.45, 2.75) is 11.3 Å². The minimum Gasteiger partial charge on any atom is -0.495 e. The fourth-order valence-corrected chi connectivity index (χ4v) is 4.00. The van der Waals surface area contributed by atoms with Crippen LogP contribution in [0.3, 0.4) is 0 Å². The van der Waals surface area contributed by atoms with Crippen LogP contribution in [0.4, 0.5) is 5.69 Å². The lowest BCUT2D eigenvalue weighted by Crippen LogP contribution is -2.22. The number of benzene rings is 3. The van der Waals surface area contributed by atoms with Crippen LogP contribution >= 0.6 is 0 Å². The van der Waals surface area contributed by atoms with Crippen molar-refractivity contribution >= 4 is 21.6 Å². The van der Waals surface area contributed by atoms with Gasteiger partial charge in [-0.15, -0.1) is 0 Å². The molecular formula is C24H26N2O5S. The normalized spacial score (nSPS) is 11.2. The van der Waals surface area contributed by atoms with Crippen LogP contribution in [0.5, 0.6) is 11.5 Å². The summed E-state index contributed by atoms with van der Waals surface area (Å²) in [5.74, 6) is 0.731. The van der Waals surface area contributed by atoms with Gasteiger partial charge in [0.25, 0.3) is 0 Å². The number of anilines is 1. The number of nitrogens with zero attached hydrogens (tertiary/aromatic N) is 1. The van der Waals surface area contributed by atoms with Gasteiger partial charge < -0.3 is 14.8 Å². The zero-order valence-corrected chi connectivity index (χ0v) is 19.1. The Hall–Kier alpha value is -3.36. The third-order valence-electron chi connectivity index (χ3n) is 4.78. The zero-order valence-electron chi connectivity index (χ0n) is 18.2. The van der Waals surface area contributed by atoms with Gasteiger partial charge in [-0.25, -0.2) is 12.7 Å². The van der Waals surface area contributed by atoms with Crippen LogP contribution in [-0.2, 0) is 14.8 Å². The molecule has 0 atom stereocenters. The number of nitrogens with one attached hydrogen (secondary N) is 1. The standard InChI is InChI=1S/C24H26N2O5S/c1-26(2)32(28,29)19-13-14-23(30-3)21(17-19)25-24(27)15-16-31-22-12-8-7-11-20(22)18-9-5-4-6-10-18/h4-14,17H,15-16H2,1-3H3,(H,25,27). The Labute approximate surface area is 188 Å². The molecule has 0 bridgehead atoms. The minimum atomic E-state index is -3.64. The smallest absolute Gasteiger partial charge is 0.242 e. The Morgan fingerprint density at radius 2 is 1.62 bits per heavy atom. The third kappa shape index (κ3) is 5.46. The molecule has 0 aliphatic heterocycles. The molecular weight excluding hydrogens is 428 g/mol. The average Bonchev–Trinajstić information content (AvgIpc) is 2.79. The lowest BCUT2D eigenvalue weighted by Gasteiger charge is -2.15. The highest BCUT2D eigenvalue weighted by atomic mass is 32.2. The number of rotatable bonds is 9. The second-order valence-corrected chi connectivity index (χ2v) is 9.31. The summed E-state index contributed by atoms with van der Waals surface area (Å²) in [6.45, 7) is 0.160. The van der Waals surface area contributed by atoms with E-state index in [-0.39, 0.29) is 29.5 Å². The van der Waals surface area contributed by atoms with Crippen LogP contribution in [0.2, 0.25) is 0 Å². The number of para-hydroxylation sites is 1. The van der Waals surface area contributed by atoms with E-state index >= 15 is 0 Å². The molecule has 7 nitrogen and oxygen atoms in total. The van der Waals surface area contributed by atoms with Crippen LogP contribution in [0.25, 0.3) is 11.1 Å². The Morgan fingerprint density at radius 3 is 2.31 bits per heavy atom. The van der Waals surface area contributed by atoms with Crippen molar-refractivity contribution in [3.63, 3.8) is 0 Å². The summed E-state index contributed by atoms with van der Waals surface area (Å²) in [5.41, 5.74) is 2.25. The summed E-state index contributed by atoms with van der Waals surface area (Å²) in [6.07, 6.45) is 0.0803. The van der Waals surface area contributed by atoms with Gasteiger partial charge in [-0.3, -0.25) is 4.79 Å². The van der Waals surface area contributed by atoms with E-state index in [0.29, 0.717) is 11.5 Å². The van der Waals surface area contributed by atoms with Crippen LogP contribution < -0.4 is 14.8 Å². The van der Waals surface area contributed by atoms with Gasteiger partial charge in [-0.05, 0) is 29.8 Å². The van der Waals surface area contributed by atoms with Crippen molar-refractivity contribution in [1.29, 1.82) is 0 Å². The molecule has 0 spiro atoms. The van der Waals surface area contributed by atoms with Crippen molar-refractivity contribution in [1.82, 2.24) is 4.31 Å². The Kier molecular flexibility index (Phi) is 7.50. The van der Waals surface area contributed by atoms with Crippen molar-refractivity contribution in [2.24, 2.45) is 0 Å². The molecule has 8 heteroatoms. The quantitative estimate of drug-likeness (QED) is 0.528. The molecule has 0 aliphatic carbocycles. The predicted molar refractivity (Wildman–Crippen MR) is 124 cm³/mol. The molecule has 168 valence electrons. The molecule has 1 amide bonds. The summed E-state index contributed by atoms with van der Waals surface area (Å²) >= 11 is 0. The lowest BCUT2D eigenvalue weighted by molar-refractivity contribution is -0.116. The topological polar surface area (TPSA) is 84.9 Å². The number of carbonyl (C=O) groups is 1. The summed E-state index contributed by atoms with van der Waals surface area (Å²) in [5, 5.41) is 2.72. The predicted octanol–water partition coefficient (Wildman–Crippen LogP) is 4.02. The number of hydrogen-bond acceptors (Lipinski definition) is 5. The van der Waals surface area contributed by atoms with E-state index in [1.165, 1.54) is 39.4 Å². The maximum absolute atomic E-state index is 12.5. The van der Waals surface area contributed by atoms with E-state index in [1.54, 1.807) is 0 Å². The van der Waals surface area contributed by atoms with Crippen molar-refractivity contribution in [2.75, 3.05) is 33.1 Å². The molecule has 0 fully saturated rings. The molecule has 0 saturated carbocycles. The number of carbonyl (C=O) groups excluding carboxylic acids is 1. The summed E-state index contributed by atoms with van der Waals surface area (Å²) < 4.78 is 37.0. The van der Waals surface area contributed by atoms with E-state index in [4.69, 9.17) is 9.47 Å². The molecule has 3 rings (SSSR count). The molecule has 0 aliphatic rings. The Balaban J connectivity index is 1.68. The van der Waals surface area contributed by atoms with Crippen molar-refractivity contribution in [3.8, 4) is 22.6 Å². The molecule has 32 heavy (non-hydrogen) atoms. The molecule has 1 N–H and O–H groups in total. The first-order valence-electron chi connectivity index (χ1n) is 10.0. The van der Waals surface area contributed by atoms with Crippen LogP contribution in [0.15, 0.2) is 77.7 Å². The van der Waals surface area contributed by atoms with Gasteiger partial charge in [0.05, 0.1) is 30.7 Å². The van der Waals surface area contributed by atoms with Gasteiger partial charge in [0.1, 0.15) is 11.5 Å². The summed E-state index contributed by atoms with van der Waals surface area (Å²) in [4.78, 5) is 12.6. The maximum atomic E-state index is 12.5. The maximum Gasteiger partial charge on any atom is 0.242 e. The highest BCUT2D eigenvalue weighted by molar-refractivity contribution is 7.89. The SMILES string of the molecule is COc1ccc(S(=O)(=O)N(C)C)cc1NC(=O)CCOc1ccccc1-c1ccccc1. The van der Waals surface area contributed by atoms with Gasteiger partial charge in [-0.2, -0.15) is 0 Å². The number of amides is 1. The molecule has 3 aromatic carbocycles. The van der Waals surface area contributed by atoms with Gasteiger partial charge >= 0.3 is 0 Å². The van der Waals surface area contributed by atoms with Crippen LogP contribution in [-0.4, -0.2) is 46.4 Å². The highest BCUT2D eigenvalue weighted by Gasteiger charge is 2.20. The number of hydrogen-bond donors (Lipinski definition) is 1. The van der Waals surface area contributed by atoms with E-state index in [2.05, 4.69) is 5.32 Å². The zero-order chi connectivity index (χ0) is 23.1. The number of methoxy groups -OCH3 is 1. The molecule has 0 heterocycles. The Morgan fingerprint density at radius 1 is 0.938 bits per heavy atom. The fourth-order valence-electron chi connectivity index (χ4n) is 3.07. The third-order valence-corrected chi connectivity index (χ3v) is 6.59. The second kappa shape index (κ2) is 10.3. The van der Waals surface area contributed by atoms with E-state index in [1.807, 2.05) is 54.6 Å². The van der Waals surface area contributed by atoms with E-state index in [0.717, 1.165) is 15.4 Å². The van der Waals surface area contributed by atoms with Crippen molar-refractivity contribution in [3.05, 3.63) is 72.8 Å². The highest BCUT2D eigenvalue weighted by Crippen LogP contribution is 2.30. The van der Waals surface area contributed by atoms with Crippen LogP contribution in [0.1, 0.15) is 6.42 Å². The second-order valence-electron chi connectivity index (χ2n) is 7.16. The molecule has 0 saturated heterocycles. The molecule has 0 aromatic heterocycles. The first-order chi connectivity index (χ1) is 15.3. The van der Waals surface area contributed by atoms with E-state index in [9.17, 15) is 13.2 Å². The average molecular weight is 455 g/mol. The minimum absolute atomic E-state index is 0.0617. The number of ether oxygens (including phenoxy) is 2. The van der Waals surface area contributed by atoms with Crippen LogP contribution in [0, 0.1) is 0 Å². The first-order valence-corrected chi connectivity index (χ1v) is 11.4. The summed E-state index contributed by atoms with van der Waals surface area (Å²) in [6, 6.07) is 21.8. The van der Waals surface area contributed by atoms with Gasteiger partial charge in [0.15, 0.2) is 0 Å². The first kappa shape index (κ1) is 23.3. The lowest BCUT2D eigenvalue weighted by atomic mass is 10.1. The van der Waals surface area contributed by atoms with Gasteiger partial charge in [-0.1, -0.05) is 48.5 Å². The largest absolute Gasteiger partial charge is 0.495 e. The molecule has 3 aromatic rings. The fraction of sp³-hybridized carbons (Fsp3) is 0.208. The monoisotopic (exact) mass is 454 g/mol. The van der Waals surface area contributed by atoms with Gasteiger partial charge in [0.2, 0.25) is 15.9 Å². The number of sulfonamides is 1. The molecule has 0 unspecified atom stereocenters.